The van der Waals surface area contributed by atoms with Gasteiger partial charge in [-0.2, -0.15) is 0 Å². The Kier molecular flexibility index (Phi) is 13.0. The van der Waals surface area contributed by atoms with Crippen molar-refractivity contribution in [2.45, 2.75) is 78.4 Å². The average Bonchev–Trinajstić information content (AvgIpc) is 3.17. The summed E-state index contributed by atoms with van der Waals surface area (Å²) < 4.78 is 29.8. The van der Waals surface area contributed by atoms with Crippen molar-refractivity contribution in [1.29, 1.82) is 0 Å². The predicted octanol–water partition coefficient (Wildman–Crippen LogP) is 12.8. The topological polar surface area (TPSA) is 46.2 Å². The molecule has 6 rings (SSSR count). The molecule has 55 heavy (non-hydrogen) atoms. The molecule has 0 N–H and O–H groups in total. The van der Waals surface area contributed by atoms with Crippen molar-refractivity contribution in [3.8, 4) is 34.5 Å². The molecule has 5 heteroatoms. The molecule has 0 bridgehead atoms. The molecular weight excluding hydrogens is 681 g/mol. The highest BCUT2D eigenvalue weighted by atomic mass is 16.5. The molecule has 0 aromatic heterocycles. The van der Waals surface area contributed by atoms with Crippen molar-refractivity contribution in [1.82, 2.24) is 0 Å². The lowest BCUT2D eigenvalue weighted by Crippen LogP contribution is -2.20. The third kappa shape index (κ3) is 11.3. The van der Waals surface area contributed by atoms with Gasteiger partial charge in [-0.15, -0.1) is 0 Å². The summed E-state index contributed by atoms with van der Waals surface area (Å²) in [5.41, 5.74) is 7.16. The number of hydrogen-bond acceptors (Lipinski definition) is 5. The van der Waals surface area contributed by atoms with Gasteiger partial charge in [0, 0.05) is 0 Å². The number of hydrogen-bond donors (Lipinski definition) is 0. The molecule has 0 radical (unpaired) electrons. The van der Waals surface area contributed by atoms with E-state index >= 15 is 0 Å². The van der Waals surface area contributed by atoms with Crippen molar-refractivity contribution < 1.29 is 23.7 Å². The number of rotatable bonds is 18. The van der Waals surface area contributed by atoms with Crippen molar-refractivity contribution >= 4 is 0 Å². The smallest absolute Gasteiger partial charge is 0.127 e. The van der Waals surface area contributed by atoms with Gasteiger partial charge >= 0.3 is 0 Å². The Bertz CT molecular complexity index is 1930. The van der Waals surface area contributed by atoms with Crippen LogP contribution in [0.4, 0.5) is 0 Å². The first-order valence-electron chi connectivity index (χ1n) is 19.3. The van der Waals surface area contributed by atoms with Gasteiger partial charge in [0.1, 0.15) is 34.5 Å². The fourth-order valence-electron chi connectivity index (χ4n) is 6.87. The van der Waals surface area contributed by atoms with Gasteiger partial charge < -0.3 is 23.7 Å². The zero-order valence-electron chi connectivity index (χ0n) is 33.1. The van der Waals surface area contributed by atoms with Crippen LogP contribution in [0.15, 0.2) is 146 Å². The molecule has 0 spiro atoms. The van der Waals surface area contributed by atoms with E-state index in [2.05, 4.69) is 113 Å². The molecule has 5 nitrogen and oxygen atoms in total. The van der Waals surface area contributed by atoms with Gasteiger partial charge in [-0.25, -0.2) is 0 Å². The van der Waals surface area contributed by atoms with Crippen molar-refractivity contribution in [2.75, 3.05) is 13.2 Å². The van der Waals surface area contributed by atoms with E-state index in [0.717, 1.165) is 58.5 Å². The summed E-state index contributed by atoms with van der Waals surface area (Å²) in [7, 11) is 0. The van der Waals surface area contributed by atoms with Crippen LogP contribution in [0.5, 0.6) is 34.5 Å². The van der Waals surface area contributed by atoms with E-state index < -0.39 is 0 Å². The third-order valence-corrected chi connectivity index (χ3v) is 9.84. The van der Waals surface area contributed by atoms with Crippen LogP contribution in [0.2, 0.25) is 0 Å². The van der Waals surface area contributed by atoms with E-state index in [0.29, 0.717) is 26.4 Å². The van der Waals surface area contributed by atoms with E-state index in [1.807, 2.05) is 74.5 Å². The summed E-state index contributed by atoms with van der Waals surface area (Å²) in [4.78, 5) is 0. The molecule has 6 aromatic carbocycles. The summed E-state index contributed by atoms with van der Waals surface area (Å²) >= 11 is 0. The molecule has 0 aliphatic heterocycles. The van der Waals surface area contributed by atoms with Crippen molar-refractivity contribution in [2.24, 2.45) is 0 Å². The lowest BCUT2D eigenvalue weighted by Gasteiger charge is -2.26. The second kappa shape index (κ2) is 18.2. The molecule has 0 amide bonds. The standard InChI is InChI=1S/C50H54O5/c1-7-52-43-27-19-41(20-28-43)49(3,4)33-37-15-23-45(24-16-37)54-47-13-9-11-39(31-47)35-51-36-40-12-10-14-48(32-40)55-46-25-17-38(18-26-46)34-50(5,6)42-21-29-44(30-22-42)53-8-2/h9-32H,7-8,33-36H2,1-6H3. The maximum atomic E-state index is 6.23. The maximum absolute atomic E-state index is 6.23. The fraction of sp³-hybridized carbons (Fsp3) is 0.280. The first-order valence-corrected chi connectivity index (χ1v) is 19.3. The van der Waals surface area contributed by atoms with Crippen molar-refractivity contribution in [3.63, 3.8) is 0 Å². The Hall–Kier alpha value is -5.52. The van der Waals surface area contributed by atoms with Gasteiger partial charge in [0.25, 0.3) is 0 Å². The van der Waals surface area contributed by atoms with E-state index in [1.165, 1.54) is 22.3 Å². The van der Waals surface area contributed by atoms with Crippen LogP contribution in [0.3, 0.4) is 0 Å². The normalized spacial score (nSPS) is 11.6. The van der Waals surface area contributed by atoms with Crippen LogP contribution in [0.25, 0.3) is 0 Å². The Morgan fingerprint density at radius 1 is 0.382 bits per heavy atom. The Balaban J connectivity index is 0.969. The molecule has 0 fully saturated rings. The van der Waals surface area contributed by atoms with Crippen molar-refractivity contribution in [3.05, 3.63) is 179 Å². The van der Waals surface area contributed by atoms with Crippen LogP contribution < -0.4 is 18.9 Å². The van der Waals surface area contributed by atoms with E-state index in [9.17, 15) is 0 Å². The first kappa shape index (κ1) is 39.2. The highest BCUT2D eigenvalue weighted by molar-refractivity contribution is 5.39. The molecule has 0 atom stereocenters. The monoisotopic (exact) mass is 734 g/mol. The largest absolute Gasteiger partial charge is 0.494 e. The highest BCUT2D eigenvalue weighted by Crippen LogP contribution is 2.32. The van der Waals surface area contributed by atoms with E-state index in [1.54, 1.807) is 0 Å². The molecule has 0 aliphatic rings. The van der Waals surface area contributed by atoms with Gasteiger partial charge in [-0.05, 0) is 144 Å². The van der Waals surface area contributed by atoms with E-state index in [4.69, 9.17) is 23.7 Å². The number of benzene rings is 6. The second-order valence-corrected chi connectivity index (χ2v) is 15.3. The van der Waals surface area contributed by atoms with Crippen LogP contribution in [-0.4, -0.2) is 13.2 Å². The maximum Gasteiger partial charge on any atom is 0.127 e. The SMILES string of the molecule is CCOc1ccc(C(C)(C)Cc2ccc(Oc3cccc(COCc4cccc(Oc5ccc(CC(C)(C)c6ccc(OCC)cc6)cc5)c4)c3)cc2)cc1. The predicted molar refractivity (Wildman–Crippen MR) is 223 cm³/mol. The van der Waals surface area contributed by atoms with Gasteiger partial charge in [-0.1, -0.05) is 100 Å². The molecule has 0 aliphatic carbocycles. The zero-order chi connectivity index (χ0) is 38.7. The summed E-state index contributed by atoms with van der Waals surface area (Å²) in [6.45, 7) is 15.4. The average molecular weight is 735 g/mol. The molecule has 6 aromatic rings. The minimum absolute atomic E-state index is 0.0146. The van der Waals surface area contributed by atoms with Crippen LogP contribution in [0.1, 0.15) is 74.9 Å². The summed E-state index contributed by atoms with van der Waals surface area (Å²) in [6, 6.07) is 49.8. The molecule has 0 saturated carbocycles. The summed E-state index contributed by atoms with van der Waals surface area (Å²) in [5.74, 6) is 4.99. The molecule has 0 saturated heterocycles. The third-order valence-electron chi connectivity index (χ3n) is 9.84. The minimum Gasteiger partial charge on any atom is -0.494 e. The lowest BCUT2D eigenvalue weighted by molar-refractivity contribution is 0.107. The fourth-order valence-corrected chi connectivity index (χ4v) is 6.87. The summed E-state index contributed by atoms with van der Waals surface area (Å²) in [5, 5.41) is 0. The number of ether oxygens (including phenoxy) is 5. The molecule has 0 unspecified atom stereocenters. The van der Waals surface area contributed by atoms with Crippen LogP contribution in [0, 0.1) is 0 Å². The Morgan fingerprint density at radius 2 is 0.745 bits per heavy atom. The lowest BCUT2D eigenvalue weighted by atomic mass is 9.79. The Labute approximate surface area is 327 Å². The second-order valence-electron chi connectivity index (χ2n) is 15.3. The van der Waals surface area contributed by atoms with Crippen LogP contribution >= 0.6 is 0 Å². The van der Waals surface area contributed by atoms with Crippen LogP contribution in [-0.2, 0) is 41.6 Å². The first-order chi connectivity index (χ1) is 26.6. The summed E-state index contributed by atoms with van der Waals surface area (Å²) in [6.07, 6.45) is 1.84. The Morgan fingerprint density at radius 3 is 1.11 bits per heavy atom. The van der Waals surface area contributed by atoms with Gasteiger partial charge in [0.2, 0.25) is 0 Å². The van der Waals surface area contributed by atoms with Gasteiger partial charge in [0.15, 0.2) is 0 Å². The molecular formula is C50H54O5. The minimum atomic E-state index is -0.0146. The van der Waals surface area contributed by atoms with E-state index in [-0.39, 0.29) is 10.8 Å². The molecule has 0 heterocycles. The highest BCUT2D eigenvalue weighted by Gasteiger charge is 2.22. The van der Waals surface area contributed by atoms with Gasteiger partial charge in [-0.3, -0.25) is 0 Å². The molecule has 284 valence electrons. The van der Waals surface area contributed by atoms with Gasteiger partial charge in [0.05, 0.1) is 26.4 Å². The zero-order valence-corrected chi connectivity index (χ0v) is 33.1. The quantitative estimate of drug-likeness (QED) is 0.0880.